The van der Waals surface area contributed by atoms with Gasteiger partial charge < -0.3 is 14.8 Å². The molecule has 1 N–H and O–H groups in total. The summed E-state index contributed by atoms with van der Waals surface area (Å²) in [4.78, 5) is 37.1. The van der Waals surface area contributed by atoms with E-state index in [9.17, 15) is 14.0 Å². The van der Waals surface area contributed by atoms with Gasteiger partial charge in [-0.2, -0.15) is 0 Å². The second-order valence-electron chi connectivity index (χ2n) is 8.61. The van der Waals surface area contributed by atoms with E-state index in [1.807, 2.05) is 0 Å². The van der Waals surface area contributed by atoms with E-state index in [1.165, 1.54) is 55.9 Å². The van der Waals surface area contributed by atoms with Crippen LogP contribution in [0.15, 0.2) is 61.1 Å². The predicted octanol–water partition coefficient (Wildman–Crippen LogP) is 4.47. The van der Waals surface area contributed by atoms with Crippen molar-refractivity contribution in [2.24, 2.45) is 0 Å². The zero-order chi connectivity index (χ0) is 25.5. The van der Waals surface area contributed by atoms with E-state index < -0.39 is 17.8 Å². The Morgan fingerprint density at radius 3 is 2.47 bits per heavy atom. The second-order valence-corrected chi connectivity index (χ2v) is 8.61. The van der Waals surface area contributed by atoms with Gasteiger partial charge in [0.15, 0.2) is 11.5 Å². The summed E-state index contributed by atoms with van der Waals surface area (Å²) in [6.07, 6.45) is 9.07. The van der Waals surface area contributed by atoms with Crippen LogP contribution in [0.4, 0.5) is 10.1 Å². The fraction of sp³-hybridized carbons (Fsp3) is 0.333. The average molecular weight is 493 g/mol. The summed E-state index contributed by atoms with van der Waals surface area (Å²) in [6, 6.07) is 9.45. The molecule has 2 aromatic carbocycles. The van der Waals surface area contributed by atoms with Gasteiger partial charge in [-0.1, -0.05) is 31.4 Å². The Bertz CT molecular complexity index is 1200. The van der Waals surface area contributed by atoms with Crippen LogP contribution in [0.3, 0.4) is 0 Å². The van der Waals surface area contributed by atoms with E-state index in [-0.39, 0.29) is 23.3 Å². The third-order valence-electron chi connectivity index (χ3n) is 6.27. The number of anilines is 1. The molecule has 0 unspecified atom stereocenters. The minimum absolute atomic E-state index is 0.00475. The van der Waals surface area contributed by atoms with Gasteiger partial charge in [-0.3, -0.25) is 19.5 Å². The topological polar surface area (TPSA) is 93.7 Å². The number of ether oxygens (including phenoxy) is 2. The first kappa shape index (κ1) is 25.1. The third kappa shape index (κ3) is 5.62. The number of rotatable bonds is 8. The van der Waals surface area contributed by atoms with Gasteiger partial charge in [0, 0.05) is 24.1 Å². The Labute approximate surface area is 209 Å². The van der Waals surface area contributed by atoms with Crippen LogP contribution in [-0.2, 0) is 4.79 Å². The number of halogens is 1. The monoisotopic (exact) mass is 492 g/mol. The van der Waals surface area contributed by atoms with Crippen molar-refractivity contribution in [3.8, 4) is 11.5 Å². The molecular formula is C27H29FN4O4. The summed E-state index contributed by atoms with van der Waals surface area (Å²) in [6.45, 7) is 0. The molecule has 3 aromatic rings. The van der Waals surface area contributed by atoms with Crippen LogP contribution in [-0.4, -0.2) is 42.0 Å². The van der Waals surface area contributed by atoms with Crippen LogP contribution < -0.4 is 19.7 Å². The highest BCUT2D eigenvalue weighted by Crippen LogP contribution is 2.35. The molecule has 36 heavy (non-hydrogen) atoms. The third-order valence-corrected chi connectivity index (χ3v) is 6.27. The maximum Gasteiger partial charge on any atom is 0.279 e. The second kappa shape index (κ2) is 11.6. The van der Waals surface area contributed by atoms with E-state index in [4.69, 9.17) is 9.47 Å². The van der Waals surface area contributed by atoms with Gasteiger partial charge >= 0.3 is 0 Å². The van der Waals surface area contributed by atoms with Crippen molar-refractivity contribution in [3.05, 3.63) is 78.1 Å². The van der Waals surface area contributed by atoms with E-state index in [0.717, 1.165) is 32.1 Å². The number of methoxy groups -OCH3 is 2. The number of amides is 2. The lowest BCUT2D eigenvalue weighted by Crippen LogP contribution is -2.47. The molecule has 8 nitrogen and oxygen atoms in total. The molecule has 1 fully saturated rings. The van der Waals surface area contributed by atoms with Gasteiger partial charge in [-0.15, -0.1) is 0 Å². The molecule has 1 aromatic heterocycles. The van der Waals surface area contributed by atoms with E-state index >= 15 is 0 Å². The SMILES string of the molecule is COc1ccc([C@H](C(=O)NC2CCCCC2)N(C(=O)c2cnccn2)c2cccc(F)c2)cc1OC. The van der Waals surface area contributed by atoms with Gasteiger partial charge in [0.1, 0.15) is 17.6 Å². The van der Waals surface area contributed by atoms with Gasteiger partial charge in [0.05, 0.1) is 20.4 Å². The normalized spacial score (nSPS) is 14.5. The fourth-order valence-corrected chi connectivity index (χ4v) is 4.51. The Morgan fingerprint density at radius 2 is 1.81 bits per heavy atom. The fourth-order valence-electron chi connectivity index (χ4n) is 4.51. The molecule has 1 aliphatic carbocycles. The molecule has 0 aliphatic heterocycles. The molecule has 1 saturated carbocycles. The summed E-state index contributed by atoms with van der Waals surface area (Å²) in [7, 11) is 3.01. The Hall–Kier alpha value is -4.01. The van der Waals surface area contributed by atoms with Crippen molar-refractivity contribution in [1.29, 1.82) is 0 Å². The number of nitrogens with one attached hydrogen (secondary N) is 1. The van der Waals surface area contributed by atoms with Gasteiger partial charge in [-0.25, -0.2) is 9.37 Å². The molecule has 9 heteroatoms. The van der Waals surface area contributed by atoms with E-state index in [0.29, 0.717) is 17.1 Å². The zero-order valence-electron chi connectivity index (χ0n) is 20.3. The molecule has 0 bridgehead atoms. The molecule has 188 valence electrons. The molecule has 2 amide bonds. The number of hydrogen-bond donors (Lipinski definition) is 1. The summed E-state index contributed by atoms with van der Waals surface area (Å²) in [5, 5.41) is 3.12. The van der Waals surface area contributed by atoms with E-state index in [1.54, 1.807) is 24.3 Å². The van der Waals surface area contributed by atoms with Gasteiger partial charge in [0.25, 0.3) is 5.91 Å². The van der Waals surface area contributed by atoms with Gasteiger partial charge in [-0.05, 0) is 48.7 Å². The predicted molar refractivity (Wildman–Crippen MR) is 133 cm³/mol. The lowest BCUT2D eigenvalue weighted by Gasteiger charge is -2.33. The highest BCUT2D eigenvalue weighted by atomic mass is 19.1. The van der Waals surface area contributed by atoms with Crippen molar-refractivity contribution in [1.82, 2.24) is 15.3 Å². The number of carbonyl (C=O) groups excluding carboxylic acids is 2. The largest absolute Gasteiger partial charge is 0.493 e. The lowest BCUT2D eigenvalue weighted by molar-refractivity contribution is -0.123. The minimum atomic E-state index is -1.14. The number of hydrogen-bond acceptors (Lipinski definition) is 6. The van der Waals surface area contributed by atoms with Crippen LogP contribution in [0.2, 0.25) is 0 Å². The molecule has 1 atom stereocenters. The van der Waals surface area contributed by atoms with Crippen molar-refractivity contribution < 1.29 is 23.5 Å². The molecule has 1 aliphatic rings. The lowest BCUT2D eigenvalue weighted by atomic mass is 9.94. The number of benzene rings is 2. The van der Waals surface area contributed by atoms with Crippen LogP contribution in [0, 0.1) is 5.82 Å². The number of nitrogens with zero attached hydrogens (tertiary/aromatic N) is 3. The molecule has 0 radical (unpaired) electrons. The first-order chi connectivity index (χ1) is 17.5. The van der Waals surface area contributed by atoms with Crippen molar-refractivity contribution in [2.45, 2.75) is 44.2 Å². The quantitative estimate of drug-likeness (QED) is 0.499. The standard InChI is InChI=1S/C27H29FN4O4/c1-35-23-12-11-18(15-24(23)36-2)25(26(33)31-20-8-4-3-5-9-20)32(21-10-6-7-19(28)16-21)27(34)22-17-29-13-14-30-22/h6-7,10-17,20,25H,3-5,8-9H2,1-2H3,(H,31,33)/t25-/m1/s1. The highest BCUT2D eigenvalue weighted by molar-refractivity contribution is 6.09. The van der Waals surface area contributed by atoms with Crippen molar-refractivity contribution in [2.75, 3.05) is 19.1 Å². The summed E-state index contributed by atoms with van der Waals surface area (Å²) in [5.74, 6) is -0.632. The minimum Gasteiger partial charge on any atom is -0.493 e. The van der Waals surface area contributed by atoms with Crippen LogP contribution in [0.1, 0.15) is 54.2 Å². The number of carbonyl (C=O) groups is 2. The van der Waals surface area contributed by atoms with Crippen LogP contribution in [0.25, 0.3) is 0 Å². The molecular weight excluding hydrogens is 463 g/mol. The molecule has 1 heterocycles. The first-order valence-electron chi connectivity index (χ1n) is 11.9. The van der Waals surface area contributed by atoms with Gasteiger partial charge in [0.2, 0.25) is 5.91 Å². The molecule has 0 spiro atoms. The number of aromatic nitrogens is 2. The summed E-state index contributed by atoms with van der Waals surface area (Å²) >= 11 is 0. The maximum atomic E-state index is 14.3. The smallest absolute Gasteiger partial charge is 0.279 e. The zero-order valence-corrected chi connectivity index (χ0v) is 20.3. The highest BCUT2D eigenvalue weighted by Gasteiger charge is 2.36. The average Bonchev–Trinajstić information content (AvgIpc) is 2.92. The summed E-state index contributed by atoms with van der Waals surface area (Å²) < 4.78 is 25.2. The summed E-state index contributed by atoms with van der Waals surface area (Å²) in [5.41, 5.74) is 0.712. The Kier molecular flexibility index (Phi) is 8.10. The Balaban J connectivity index is 1.85. The van der Waals surface area contributed by atoms with Crippen molar-refractivity contribution >= 4 is 17.5 Å². The maximum absolute atomic E-state index is 14.3. The Morgan fingerprint density at radius 1 is 1.03 bits per heavy atom. The van der Waals surface area contributed by atoms with E-state index in [2.05, 4.69) is 15.3 Å². The molecule has 4 rings (SSSR count). The van der Waals surface area contributed by atoms with Crippen molar-refractivity contribution in [3.63, 3.8) is 0 Å². The van der Waals surface area contributed by atoms with Crippen LogP contribution >= 0.6 is 0 Å². The first-order valence-corrected chi connectivity index (χ1v) is 11.9. The molecule has 0 saturated heterocycles. The van der Waals surface area contributed by atoms with Crippen LogP contribution in [0.5, 0.6) is 11.5 Å².